The van der Waals surface area contributed by atoms with Gasteiger partial charge >= 0.3 is 6.03 Å². The summed E-state index contributed by atoms with van der Waals surface area (Å²) < 4.78 is 19.1. The Morgan fingerprint density at radius 2 is 2.05 bits per heavy atom. The summed E-state index contributed by atoms with van der Waals surface area (Å²) in [7, 11) is 0. The molecule has 3 N–H and O–H groups in total. The highest BCUT2D eigenvalue weighted by molar-refractivity contribution is 7.19. The first kappa shape index (κ1) is 25.7. The summed E-state index contributed by atoms with van der Waals surface area (Å²) >= 11 is 7.81. The van der Waals surface area contributed by atoms with Gasteiger partial charge in [0.2, 0.25) is 0 Å². The number of carbonyl (C=O) groups excluding carboxylic acids is 1. The number of benzene rings is 2. The molecule has 2 heterocycles. The quantitative estimate of drug-likeness (QED) is 0.207. The minimum atomic E-state index is -0.373. The van der Waals surface area contributed by atoms with Gasteiger partial charge < -0.3 is 20.7 Å². The van der Waals surface area contributed by atoms with E-state index >= 15 is 0 Å². The highest BCUT2D eigenvalue weighted by Crippen LogP contribution is 2.33. The summed E-state index contributed by atoms with van der Waals surface area (Å²) in [6, 6.07) is 14.9. The summed E-state index contributed by atoms with van der Waals surface area (Å²) in [5, 5.41) is 18.1. The fourth-order valence-electron chi connectivity index (χ4n) is 3.19. The van der Waals surface area contributed by atoms with E-state index in [-0.39, 0.29) is 38.0 Å². The summed E-state index contributed by atoms with van der Waals surface area (Å²) in [5.41, 5.74) is 1.40. The molecule has 0 radical (unpaired) electrons. The molecule has 2 aromatic carbocycles. The standard InChI is InChI=1S/C26H20ClFN6O2S/c27-22-13-19(7-8-23(22)36-15-17-4-1-5-18(28)12-17)34-24-21-14-20(37-25(21)33-16-32-24)6-2-10-30-26(35)31-11-3-9-29/h1,4-5,7-8,12-14,16H,3,10-11,15H2,(H2,30,31,35)(H,32,33,34). The smallest absolute Gasteiger partial charge is 0.315 e. The van der Waals surface area contributed by atoms with E-state index in [2.05, 4.69) is 37.8 Å². The second-order valence-corrected chi connectivity index (χ2v) is 9.00. The first-order valence-corrected chi connectivity index (χ1v) is 12.3. The minimum absolute atomic E-state index is 0.162. The summed E-state index contributed by atoms with van der Waals surface area (Å²) in [6.07, 6.45) is 1.71. The van der Waals surface area contributed by atoms with Crippen LogP contribution in [0.1, 0.15) is 16.9 Å². The third-order valence-electron chi connectivity index (χ3n) is 4.88. The van der Waals surface area contributed by atoms with Crippen molar-refractivity contribution in [2.75, 3.05) is 18.4 Å². The van der Waals surface area contributed by atoms with Crippen LogP contribution < -0.4 is 20.7 Å². The molecule has 4 rings (SSSR count). The number of aromatic nitrogens is 2. The van der Waals surface area contributed by atoms with Crippen LogP contribution in [0.15, 0.2) is 54.9 Å². The zero-order valence-electron chi connectivity index (χ0n) is 19.3. The lowest BCUT2D eigenvalue weighted by molar-refractivity contribution is 0.242. The average molecular weight is 535 g/mol. The minimum Gasteiger partial charge on any atom is -0.487 e. The average Bonchev–Trinajstić information content (AvgIpc) is 3.30. The van der Waals surface area contributed by atoms with Gasteiger partial charge in [-0.2, -0.15) is 5.26 Å². The Morgan fingerprint density at radius 3 is 2.86 bits per heavy atom. The number of hydrogen-bond donors (Lipinski definition) is 3. The molecule has 0 spiro atoms. The topological polar surface area (TPSA) is 112 Å². The fraction of sp³-hybridized carbons (Fsp3) is 0.154. The summed E-state index contributed by atoms with van der Waals surface area (Å²) in [5.74, 6) is 6.66. The van der Waals surface area contributed by atoms with Crippen molar-refractivity contribution in [1.29, 1.82) is 5.26 Å². The molecule has 2 amide bonds. The van der Waals surface area contributed by atoms with Gasteiger partial charge in [0, 0.05) is 12.2 Å². The zero-order valence-corrected chi connectivity index (χ0v) is 20.9. The predicted octanol–water partition coefficient (Wildman–Crippen LogP) is 5.37. The molecular formula is C26H20ClFN6O2S. The molecule has 0 unspecified atom stereocenters. The Balaban J connectivity index is 1.39. The van der Waals surface area contributed by atoms with Crippen LogP contribution in [-0.4, -0.2) is 29.1 Å². The second kappa shape index (κ2) is 12.5. The highest BCUT2D eigenvalue weighted by Gasteiger charge is 2.10. The van der Waals surface area contributed by atoms with Crippen LogP contribution in [-0.2, 0) is 6.61 Å². The number of nitrogens with one attached hydrogen (secondary N) is 3. The molecule has 0 bridgehead atoms. The lowest BCUT2D eigenvalue weighted by Crippen LogP contribution is -2.36. The number of carbonyl (C=O) groups is 1. The monoisotopic (exact) mass is 534 g/mol. The van der Waals surface area contributed by atoms with Crippen molar-refractivity contribution in [3.63, 3.8) is 0 Å². The third-order valence-corrected chi connectivity index (χ3v) is 6.13. The van der Waals surface area contributed by atoms with Crippen LogP contribution in [0.4, 0.5) is 20.7 Å². The number of nitrogens with zero attached hydrogens (tertiary/aromatic N) is 3. The van der Waals surface area contributed by atoms with E-state index in [9.17, 15) is 9.18 Å². The van der Waals surface area contributed by atoms with E-state index in [1.165, 1.54) is 29.8 Å². The van der Waals surface area contributed by atoms with E-state index in [4.69, 9.17) is 21.6 Å². The van der Waals surface area contributed by atoms with E-state index in [0.29, 0.717) is 27.8 Å². The number of ether oxygens (including phenoxy) is 1. The Hall–Kier alpha value is -4.38. The summed E-state index contributed by atoms with van der Waals surface area (Å²) in [4.78, 5) is 21.8. The van der Waals surface area contributed by atoms with Crippen LogP contribution in [0.2, 0.25) is 5.02 Å². The lowest BCUT2D eigenvalue weighted by Gasteiger charge is -2.11. The van der Waals surface area contributed by atoms with Gasteiger partial charge in [-0.15, -0.1) is 11.3 Å². The number of amides is 2. The van der Waals surface area contributed by atoms with Crippen LogP contribution in [0.3, 0.4) is 0 Å². The fourth-order valence-corrected chi connectivity index (χ4v) is 4.30. The second-order valence-electron chi connectivity index (χ2n) is 7.56. The van der Waals surface area contributed by atoms with Gasteiger partial charge in [0.05, 0.1) is 34.3 Å². The van der Waals surface area contributed by atoms with Crippen molar-refractivity contribution in [3.8, 4) is 23.7 Å². The van der Waals surface area contributed by atoms with Crippen LogP contribution in [0.25, 0.3) is 10.2 Å². The van der Waals surface area contributed by atoms with Gasteiger partial charge in [0.25, 0.3) is 0 Å². The molecule has 0 saturated heterocycles. The van der Waals surface area contributed by atoms with E-state index in [0.717, 1.165) is 15.1 Å². The number of hydrogen-bond acceptors (Lipinski definition) is 7. The Morgan fingerprint density at radius 1 is 1.16 bits per heavy atom. The van der Waals surface area contributed by atoms with Gasteiger partial charge in [-0.3, -0.25) is 0 Å². The Kier molecular flexibility index (Phi) is 8.71. The maximum absolute atomic E-state index is 13.4. The number of anilines is 2. The molecule has 0 aliphatic heterocycles. The molecule has 0 atom stereocenters. The van der Waals surface area contributed by atoms with Crippen molar-refractivity contribution >= 4 is 50.7 Å². The van der Waals surface area contributed by atoms with Crippen LogP contribution in [0.5, 0.6) is 5.75 Å². The number of urea groups is 1. The lowest BCUT2D eigenvalue weighted by atomic mass is 10.2. The van der Waals surface area contributed by atoms with Gasteiger partial charge in [0.15, 0.2) is 0 Å². The first-order chi connectivity index (χ1) is 18.0. The normalized spacial score (nSPS) is 10.2. The van der Waals surface area contributed by atoms with Crippen molar-refractivity contribution in [3.05, 3.63) is 76.1 Å². The van der Waals surface area contributed by atoms with Gasteiger partial charge in [-0.25, -0.2) is 19.2 Å². The Bertz CT molecular complexity index is 1530. The van der Waals surface area contributed by atoms with Gasteiger partial charge in [-0.05, 0) is 42.0 Å². The molecule has 8 nitrogen and oxygen atoms in total. The maximum Gasteiger partial charge on any atom is 0.315 e. The maximum atomic E-state index is 13.4. The largest absolute Gasteiger partial charge is 0.487 e. The first-order valence-electron chi connectivity index (χ1n) is 11.1. The SMILES string of the molecule is N#CCCNC(=O)NCC#Cc1cc2c(Nc3ccc(OCc4cccc(F)c4)c(Cl)c3)ncnc2s1. The number of rotatable bonds is 8. The Labute approximate surface area is 221 Å². The predicted molar refractivity (Wildman–Crippen MR) is 141 cm³/mol. The molecule has 0 aliphatic carbocycles. The molecule has 0 fully saturated rings. The van der Waals surface area contributed by atoms with E-state index < -0.39 is 0 Å². The molecule has 2 aromatic heterocycles. The number of thiophene rings is 1. The summed E-state index contributed by atoms with van der Waals surface area (Å²) in [6.45, 7) is 0.642. The van der Waals surface area contributed by atoms with E-state index in [1.807, 2.05) is 12.1 Å². The van der Waals surface area contributed by atoms with Crippen molar-refractivity contribution in [2.45, 2.75) is 13.0 Å². The van der Waals surface area contributed by atoms with E-state index in [1.54, 1.807) is 30.3 Å². The molecular weight excluding hydrogens is 515 g/mol. The highest BCUT2D eigenvalue weighted by atomic mass is 35.5. The number of halogens is 2. The third kappa shape index (κ3) is 7.31. The van der Waals surface area contributed by atoms with Crippen molar-refractivity contribution < 1.29 is 13.9 Å². The molecule has 11 heteroatoms. The van der Waals surface area contributed by atoms with Crippen molar-refractivity contribution in [2.24, 2.45) is 0 Å². The van der Waals surface area contributed by atoms with Gasteiger partial charge in [-0.1, -0.05) is 35.6 Å². The molecule has 186 valence electrons. The molecule has 0 saturated carbocycles. The molecule has 4 aromatic rings. The number of nitriles is 1. The van der Waals surface area contributed by atoms with Crippen molar-refractivity contribution in [1.82, 2.24) is 20.6 Å². The number of fused-ring (bicyclic) bond motifs is 1. The van der Waals surface area contributed by atoms with Crippen LogP contribution >= 0.6 is 22.9 Å². The molecule has 0 aliphatic rings. The zero-order chi connectivity index (χ0) is 26.0. The van der Waals surface area contributed by atoms with Crippen LogP contribution in [0, 0.1) is 29.0 Å². The molecule has 37 heavy (non-hydrogen) atoms. The van der Waals surface area contributed by atoms with Gasteiger partial charge in [0.1, 0.15) is 35.1 Å².